The van der Waals surface area contributed by atoms with Crippen LogP contribution in [0.4, 0.5) is 5.69 Å². The average molecular weight is 411 g/mol. The molecule has 10 nitrogen and oxygen atoms in total. The van der Waals surface area contributed by atoms with E-state index in [2.05, 4.69) is 6.92 Å². The molecule has 3 heterocycles. The van der Waals surface area contributed by atoms with Crippen molar-refractivity contribution in [2.24, 2.45) is 0 Å². The minimum atomic E-state index is -1.77. The smallest absolute Gasteiger partial charge is 0.335 e. The van der Waals surface area contributed by atoms with E-state index in [1.54, 1.807) is 19.2 Å². The number of aliphatic hydroxyl groups is 3. The van der Waals surface area contributed by atoms with E-state index in [9.17, 15) is 30.4 Å². The number of quaternary nitrogens is 1. The van der Waals surface area contributed by atoms with Crippen molar-refractivity contribution >= 4 is 11.7 Å². The number of rotatable bonds is 3. The summed E-state index contributed by atoms with van der Waals surface area (Å²) in [5.74, 6) is -1.14. The number of carboxylic acids is 1. The number of hydrogen-bond donors (Lipinski definition) is 5. The number of anilines is 1. The zero-order valence-corrected chi connectivity index (χ0v) is 16.5. The minimum absolute atomic E-state index is 0.118. The van der Waals surface area contributed by atoms with Crippen molar-refractivity contribution in [1.82, 2.24) is 0 Å². The van der Waals surface area contributed by atoms with E-state index in [-0.39, 0.29) is 16.2 Å². The summed E-state index contributed by atoms with van der Waals surface area (Å²) in [7, 11) is 3.71. The van der Waals surface area contributed by atoms with Crippen LogP contribution in [0.2, 0.25) is 0 Å². The molecule has 10 heteroatoms. The quantitative estimate of drug-likeness (QED) is 0.406. The molecule has 0 amide bonds. The largest absolute Gasteiger partial charge is 0.479 e. The zero-order valence-electron chi connectivity index (χ0n) is 16.5. The Kier molecular flexibility index (Phi) is 4.57. The van der Waals surface area contributed by atoms with E-state index < -0.39 is 36.7 Å². The van der Waals surface area contributed by atoms with Crippen molar-refractivity contribution in [3.05, 3.63) is 23.8 Å². The van der Waals surface area contributed by atoms with Crippen LogP contribution < -0.4 is 9.64 Å². The zero-order chi connectivity index (χ0) is 21.3. The Morgan fingerprint density at radius 2 is 1.97 bits per heavy atom. The van der Waals surface area contributed by atoms with E-state index >= 15 is 0 Å². The first-order valence-electron chi connectivity index (χ1n) is 9.52. The highest BCUT2D eigenvalue weighted by Gasteiger charge is 2.61. The van der Waals surface area contributed by atoms with Gasteiger partial charge in [-0.3, -0.25) is 0 Å². The molecule has 5 N–H and O–H groups in total. The molecular formula is C19H27N2O8+. The Morgan fingerprint density at radius 3 is 2.62 bits per heavy atom. The molecule has 0 saturated carbocycles. The van der Waals surface area contributed by atoms with Crippen molar-refractivity contribution in [2.75, 3.05) is 25.5 Å². The fourth-order valence-electron chi connectivity index (χ4n) is 5.17. The number of fused-ring (bicyclic) bond motifs is 3. The van der Waals surface area contributed by atoms with Gasteiger partial charge in [-0.1, -0.05) is 0 Å². The monoisotopic (exact) mass is 411 g/mol. The number of ether oxygens (including phenoxy) is 2. The van der Waals surface area contributed by atoms with Crippen LogP contribution in [0, 0.1) is 0 Å². The number of hydrogen-bond acceptors (Lipinski definition) is 8. The number of likely N-dealkylation sites (tertiary alicyclic amines) is 1. The number of carboxylic acid groups (broad SMARTS) is 1. The predicted molar refractivity (Wildman–Crippen MR) is 98.4 cm³/mol. The Hall–Kier alpha value is -1.95. The van der Waals surface area contributed by atoms with Crippen molar-refractivity contribution in [2.45, 2.75) is 55.6 Å². The van der Waals surface area contributed by atoms with Gasteiger partial charge in [-0.15, -0.1) is 0 Å². The summed E-state index contributed by atoms with van der Waals surface area (Å²) < 4.78 is 10.8. The summed E-state index contributed by atoms with van der Waals surface area (Å²) in [5.41, 5.74) is 1.60. The molecular weight excluding hydrogens is 384 g/mol. The normalized spacial score (nSPS) is 43.8. The van der Waals surface area contributed by atoms with Gasteiger partial charge in [0.25, 0.3) is 0 Å². The third-order valence-corrected chi connectivity index (χ3v) is 6.58. The highest BCUT2D eigenvalue weighted by atomic mass is 16.7. The summed E-state index contributed by atoms with van der Waals surface area (Å²) in [5, 5.41) is 49.9. The van der Waals surface area contributed by atoms with E-state index in [1.807, 2.05) is 18.0 Å². The van der Waals surface area contributed by atoms with Crippen molar-refractivity contribution < 1.29 is 44.5 Å². The number of hydroxylamine groups is 3. The average Bonchev–Trinajstić information content (AvgIpc) is 3.04. The molecule has 2 saturated heterocycles. The molecule has 160 valence electrons. The van der Waals surface area contributed by atoms with E-state index in [0.717, 1.165) is 17.7 Å². The van der Waals surface area contributed by atoms with Gasteiger partial charge in [-0.25, -0.2) is 10.0 Å². The number of aliphatic hydroxyl groups excluding tert-OH is 3. The van der Waals surface area contributed by atoms with Crippen LogP contribution in [0.3, 0.4) is 0 Å². The number of nitrogens with zero attached hydrogens (tertiary/aromatic N) is 2. The second kappa shape index (κ2) is 6.53. The summed E-state index contributed by atoms with van der Waals surface area (Å²) in [6.45, 7) is 2.68. The van der Waals surface area contributed by atoms with E-state index in [4.69, 9.17) is 9.47 Å². The lowest BCUT2D eigenvalue weighted by molar-refractivity contribution is -1.10. The molecule has 3 aliphatic rings. The van der Waals surface area contributed by atoms with Crippen LogP contribution in [0.5, 0.6) is 5.75 Å². The number of likely N-dealkylation sites (N-methyl/N-ethyl adjacent to an activating group) is 2. The van der Waals surface area contributed by atoms with Crippen LogP contribution in [-0.2, 0) is 14.9 Å². The maximum absolute atomic E-state index is 11.3. The third-order valence-electron chi connectivity index (χ3n) is 6.58. The Balaban J connectivity index is 1.62. The van der Waals surface area contributed by atoms with Crippen molar-refractivity contribution in [1.29, 1.82) is 0 Å². The highest BCUT2D eigenvalue weighted by Crippen LogP contribution is 2.53. The van der Waals surface area contributed by atoms with Crippen LogP contribution in [0.15, 0.2) is 18.2 Å². The SMILES string of the molecule is CN1c2ccc(OC3O[C@H](C(=O)O)[C@@H](O)[C@H](O)[C@H]3O)cc2[C@]2(C)CC[N+](C)(O)C12. The van der Waals surface area contributed by atoms with Crippen LogP contribution in [-0.4, -0.2) is 93.8 Å². The topological polar surface area (TPSA) is 140 Å². The van der Waals surface area contributed by atoms with E-state index in [0.29, 0.717) is 12.3 Å². The molecule has 4 rings (SSSR count). The number of carbonyl (C=O) groups is 1. The second-order valence-electron chi connectivity index (χ2n) is 8.62. The van der Waals surface area contributed by atoms with Gasteiger partial charge >= 0.3 is 5.97 Å². The summed E-state index contributed by atoms with van der Waals surface area (Å²) in [4.78, 5) is 13.3. The van der Waals surface area contributed by atoms with Gasteiger partial charge in [-0.2, -0.15) is 4.65 Å². The van der Waals surface area contributed by atoms with Crippen molar-refractivity contribution in [3.8, 4) is 5.75 Å². The standard InChI is InChI=1S/C19H26N2O8/c1-19-6-7-21(3,27)18(19)20(2)11-5-4-9(8-10(11)19)28-17-14(24)12(22)13(23)15(29-17)16(25)26/h4-5,8,12-15,17-18,22-24,27H,6-7H2,1-3H3/p+1/t12-,13-,14+,15-,17?,18?,19-,21?/m0/s1. The van der Waals surface area contributed by atoms with Gasteiger partial charge in [0.15, 0.2) is 6.10 Å². The lowest BCUT2D eigenvalue weighted by Gasteiger charge is -2.38. The van der Waals surface area contributed by atoms with Gasteiger partial charge in [0.1, 0.15) is 37.7 Å². The van der Waals surface area contributed by atoms with Gasteiger partial charge in [-0.05, 0) is 30.7 Å². The molecule has 1 aromatic carbocycles. The number of benzene rings is 1. The molecule has 0 bridgehead atoms. The lowest BCUT2D eigenvalue weighted by Crippen LogP contribution is -2.61. The molecule has 0 spiro atoms. The summed E-state index contributed by atoms with van der Waals surface area (Å²) in [6, 6.07) is 5.29. The highest BCUT2D eigenvalue weighted by molar-refractivity contribution is 5.73. The fourth-order valence-corrected chi connectivity index (χ4v) is 5.17. The molecule has 3 unspecified atom stereocenters. The first-order valence-corrected chi connectivity index (χ1v) is 9.52. The Morgan fingerprint density at radius 1 is 1.28 bits per heavy atom. The first-order chi connectivity index (χ1) is 13.5. The van der Waals surface area contributed by atoms with Gasteiger partial charge in [0.05, 0.1) is 5.41 Å². The molecule has 8 atom stereocenters. The van der Waals surface area contributed by atoms with Crippen LogP contribution in [0.1, 0.15) is 18.9 Å². The summed E-state index contributed by atoms with van der Waals surface area (Å²) in [6.07, 6.45) is -7.68. The lowest BCUT2D eigenvalue weighted by atomic mass is 9.81. The van der Waals surface area contributed by atoms with Gasteiger partial charge in [0, 0.05) is 19.2 Å². The van der Waals surface area contributed by atoms with Crippen LogP contribution >= 0.6 is 0 Å². The Bertz CT molecular complexity index is 832. The number of aliphatic carboxylic acids is 1. The molecule has 0 aliphatic carbocycles. The van der Waals surface area contributed by atoms with E-state index in [1.165, 1.54) is 0 Å². The van der Waals surface area contributed by atoms with Gasteiger partial charge in [0.2, 0.25) is 12.5 Å². The Labute approximate surface area is 167 Å². The fraction of sp³-hybridized carbons (Fsp3) is 0.632. The molecule has 0 aromatic heterocycles. The van der Waals surface area contributed by atoms with Crippen molar-refractivity contribution in [3.63, 3.8) is 0 Å². The maximum atomic E-state index is 11.3. The molecule has 0 radical (unpaired) electrons. The summed E-state index contributed by atoms with van der Waals surface area (Å²) >= 11 is 0. The molecule has 29 heavy (non-hydrogen) atoms. The molecule has 2 fully saturated rings. The van der Waals surface area contributed by atoms with Crippen LogP contribution in [0.25, 0.3) is 0 Å². The minimum Gasteiger partial charge on any atom is -0.479 e. The predicted octanol–water partition coefficient (Wildman–Crippen LogP) is -0.769. The van der Waals surface area contributed by atoms with Gasteiger partial charge < -0.3 is 34.8 Å². The molecule has 3 aliphatic heterocycles. The third kappa shape index (κ3) is 2.90. The molecule has 1 aromatic rings. The first kappa shape index (κ1) is 20.3. The second-order valence-corrected chi connectivity index (χ2v) is 8.62. The maximum Gasteiger partial charge on any atom is 0.335 e.